The zero-order valence-electron chi connectivity index (χ0n) is 10.8. The third-order valence-corrected chi connectivity index (χ3v) is 4.32. The van der Waals surface area contributed by atoms with Crippen LogP contribution in [0, 0.1) is 0 Å². The lowest BCUT2D eigenvalue weighted by molar-refractivity contribution is -0.142. The maximum Gasteiger partial charge on any atom is 0.310 e. The first kappa shape index (κ1) is 14.0. The van der Waals surface area contributed by atoms with E-state index in [1.165, 1.54) is 12.1 Å². The van der Waals surface area contributed by atoms with Crippen LogP contribution in [-0.2, 0) is 26.0 Å². The van der Waals surface area contributed by atoms with Gasteiger partial charge in [0.1, 0.15) is 0 Å². The lowest BCUT2D eigenvalue weighted by atomic mass is 10.1. The maximum absolute atomic E-state index is 11.9. The van der Waals surface area contributed by atoms with Crippen LogP contribution < -0.4 is 4.72 Å². The van der Waals surface area contributed by atoms with Crippen molar-refractivity contribution in [1.82, 2.24) is 4.72 Å². The second-order valence-corrected chi connectivity index (χ2v) is 6.24. The molecule has 0 aliphatic heterocycles. The number of sulfonamides is 1. The highest BCUT2D eigenvalue weighted by molar-refractivity contribution is 7.89. The van der Waals surface area contributed by atoms with Crippen LogP contribution >= 0.6 is 0 Å². The lowest BCUT2D eigenvalue weighted by Gasteiger charge is -2.06. The molecule has 1 fully saturated rings. The molecule has 1 aromatic carbocycles. The Morgan fingerprint density at radius 1 is 1.32 bits per heavy atom. The van der Waals surface area contributed by atoms with E-state index >= 15 is 0 Å². The zero-order chi connectivity index (χ0) is 13.9. The normalized spacial score (nSPS) is 15.2. The predicted octanol–water partition coefficient (Wildman–Crippen LogP) is 1.23. The molecule has 0 unspecified atom stereocenters. The standard InChI is InChI=1S/C13H17NO4S/c1-2-18-13(15)9-10-3-7-12(8-4-10)19(16,17)14-11-5-6-11/h3-4,7-8,11,14H,2,5-6,9H2,1H3. The van der Waals surface area contributed by atoms with Crippen LogP contribution in [0.25, 0.3) is 0 Å². The fourth-order valence-electron chi connectivity index (χ4n) is 1.65. The van der Waals surface area contributed by atoms with E-state index in [9.17, 15) is 13.2 Å². The molecule has 2 rings (SSSR count). The summed E-state index contributed by atoms with van der Waals surface area (Å²) < 4.78 is 31.3. The van der Waals surface area contributed by atoms with E-state index in [1.807, 2.05) is 0 Å². The van der Waals surface area contributed by atoms with Crippen molar-refractivity contribution < 1.29 is 17.9 Å². The van der Waals surface area contributed by atoms with Gasteiger partial charge in [0.15, 0.2) is 0 Å². The topological polar surface area (TPSA) is 72.5 Å². The minimum Gasteiger partial charge on any atom is -0.466 e. The summed E-state index contributed by atoms with van der Waals surface area (Å²) in [6.45, 7) is 2.09. The molecule has 0 bridgehead atoms. The molecule has 19 heavy (non-hydrogen) atoms. The van der Waals surface area contributed by atoms with Gasteiger partial charge in [-0.3, -0.25) is 4.79 Å². The quantitative estimate of drug-likeness (QED) is 0.797. The first-order valence-electron chi connectivity index (χ1n) is 6.28. The smallest absolute Gasteiger partial charge is 0.310 e. The van der Waals surface area contributed by atoms with Crippen molar-refractivity contribution >= 4 is 16.0 Å². The van der Waals surface area contributed by atoms with Gasteiger partial charge in [-0.15, -0.1) is 0 Å². The summed E-state index contributed by atoms with van der Waals surface area (Å²) in [4.78, 5) is 11.5. The number of benzene rings is 1. The monoisotopic (exact) mass is 283 g/mol. The second-order valence-electron chi connectivity index (χ2n) is 4.52. The molecule has 0 atom stereocenters. The number of carbonyl (C=O) groups excluding carboxylic acids is 1. The van der Waals surface area contributed by atoms with Crippen molar-refractivity contribution in [2.75, 3.05) is 6.61 Å². The number of hydrogen-bond acceptors (Lipinski definition) is 4. The van der Waals surface area contributed by atoms with Gasteiger partial charge in [0.2, 0.25) is 10.0 Å². The van der Waals surface area contributed by atoms with Crippen LogP contribution in [0.2, 0.25) is 0 Å². The molecule has 0 heterocycles. The summed E-state index contributed by atoms with van der Waals surface area (Å²) in [5, 5.41) is 0. The fourth-order valence-corrected chi connectivity index (χ4v) is 2.96. The van der Waals surface area contributed by atoms with Crippen LogP contribution in [0.4, 0.5) is 0 Å². The van der Waals surface area contributed by atoms with Crippen molar-refractivity contribution in [1.29, 1.82) is 0 Å². The van der Waals surface area contributed by atoms with E-state index in [4.69, 9.17) is 4.74 Å². The van der Waals surface area contributed by atoms with Gasteiger partial charge in [0, 0.05) is 6.04 Å². The molecular formula is C13H17NO4S. The van der Waals surface area contributed by atoms with E-state index in [0.717, 1.165) is 18.4 Å². The lowest BCUT2D eigenvalue weighted by Crippen LogP contribution is -2.25. The Kier molecular flexibility index (Phi) is 4.21. The Labute approximate surface area is 113 Å². The highest BCUT2D eigenvalue weighted by Crippen LogP contribution is 2.22. The first-order valence-corrected chi connectivity index (χ1v) is 7.76. The van der Waals surface area contributed by atoms with Crippen LogP contribution in [0.5, 0.6) is 0 Å². The largest absolute Gasteiger partial charge is 0.466 e. The van der Waals surface area contributed by atoms with Crippen molar-refractivity contribution in [3.8, 4) is 0 Å². The SMILES string of the molecule is CCOC(=O)Cc1ccc(S(=O)(=O)NC2CC2)cc1. The molecule has 0 amide bonds. The molecule has 104 valence electrons. The highest BCUT2D eigenvalue weighted by Gasteiger charge is 2.27. The van der Waals surface area contributed by atoms with Crippen LogP contribution in [-0.4, -0.2) is 27.0 Å². The van der Waals surface area contributed by atoms with Crippen molar-refractivity contribution in [3.63, 3.8) is 0 Å². The molecule has 5 nitrogen and oxygen atoms in total. The van der Waals surface area contributed by atoms with Crippen molar-refractivity contribution in [2.45, 2.75) is 37.1 Å². The van der Waals surface area contributed by atoms with Gasteiger partial charge >= 0.3 is 5.97 Å². The number of rotatable bonds is 6. The van der Waals surface area contributed by atoms with E-state index < -0.39 is 10.0 Å². The maximum atomic E-state index is 11.9. The average Bonchev–Trinajstić information content (AvgIpc) is 3.13. The highest BCUT2D eigenvalue weighted by atomic mass is 32.2. The Morgan fingerprint density at radius 3 is 2.47 bits per heavy atom. The van der Waals surface area contributed by atoms with E-state index in [0.29, 0.717) is 6.61 Å². The van der Waals surface area contributed by atoms with E-state index in [1.54, 1.807) is 19.1 Å². The zero-order valence-corrected chi connectivity index (χ0v) is 11.6. The summed E-state index contributed by atoms with van der Waals surface area (Å²) in [5.74, 6) is -0.311. The minimum atomic E-state index is -3.42. The Morgan fingerprint density at radius 2 is 1.95 bits per heavy atom. The third kappa shape index (κ3) is 4.04. The van der Waals surface area contributed by atoms with E-state index in [-0.39, 0.29) is 23.3 Å². The molecule has 0 aromatic heterocycles. The van der Waals surface area contributed by atoms with Crippen LogP contribution in [0.15, 0.2) is 29.2 Å². The van der Waals surface area contributed by atoms with Gasteiger partial charge in [0.05, 0.1) is 17.9 Å². The van der Waals surface area contributed by atoms with Gasteiger partial charge in [-0.05, 0) is 37.5 Å². The summed E-state index contributed by atoms with van der Waals surface area (Å²) in [6, 6.07) is 6.39. The molecule has 0 spiro atoms. The van der Waals surface area contributed by atoms with Gasteiger partial charge in [-0.25, -0.2) is 13.1 Å². The number of nitrogens with one attached hydrogen (secondary N) is 1. The predicted molar refractivity (Wildman–Crippen MR) is 70.1 cm³/mol. The Balaban J connectivity index is 2.03. The summed E-state index contributed by atoms with van der Waals surface area (Å²) in [5.41, 5.74) is 0.740. The number of esters is 1. The average molecular weight is 283 g/mol. The summed E-state index contributed by atoms with van der Waals surface area (Å²) in [6.07, 6.45) is 1.96. The van der Waals surface area contributed by atoms with E-state index in [2.05, 4.69) is 4.72 Å². The summed E-state index contributed by atoms with van der Waals surface area (Å²) >= 11 is 0. The third-order valence-electron chi connectivity index (χ3n) is 2.79. The van der Waals surface area contributed by atoms with Crippen LogP contribution in [0.1, 0.15) is 25.3 Å². The molecule has 0 radical (unpaired) electrons. The molecule has 1 saturated carbocycles. The van der Waals surface area contributed by atoms with Gasteiger partial charge in [-0.2, -0.15) is 0 Å². The molecule has 6 heteroatoms. The van der Waals surface area contributed by atoms with Crippen molar-refractivity contribution in [3.05, 3.63) is 29.8 Å². The molecule has 1 aliphatic carbocycles. The number of carbonyl (C=O) groups is 1. The Hall–Kier alpha value is -1.40. The van der Waals surface area contributed by atoms with Crippen LogP contribution in [0.3, 0.4) is 0 Å². The van der Waals surface area contributed by atoms with Gasteiger partial charge in [0.25, 0.3) is 0 Å². The molecular weight excluding hydrogens is 266 g/mol. The molecule has 0 saturated heterocycles. The fraction of sp³-hybridized carbons (Fsp3) is 0.462. The number of hydrogen-bond donors (Lipinski definition) is 1. The van der Waals surface area contributed by atoms with Crippen molar-refractivity contribution in [2.24, 2.45) is 0 Å². The minimum absolute atomic E-state index is 0.0872. The first-order chi connectivity index (χ1) is 9.01. The van der Waals surface area contributed by atoms with Gasteiger partial charge < -0.3 is 4.74 Å². The molecule has 1 N–H and O–H groups in total. The Bertz CT molecular complexity index is 547. The molecule has 1 aromatic rings. The van der Waals surface area contributed by atoms with Gasteiger partial charge in [-0.1, -0.05) is 12.1 Å². The second kappa shape index (κ2) is 5.71. The number of ether oxygens (including phenoxy) is 1. The summed E-state index contributed by atoms with van der Waals surface area (Å²) in [7, 11) is -3.42. The molecule has 1 aliphatic rings.